The van der Waals surface area contributed by atoms with Crippen LogP contribution in [-0.4, -0.2) is 57.5 Å². The van der Waals surface area contributed by atoms with Crippen molar-refractivity contribution < 1.29 is 14.2 Å². The predicted octanol–water partition coefficient (Wildman–Crippen LogP) is 3.06. The van der Waals surface area contributed by atoms with Crippen LogP contribution in [0.5, 0.6) is 11.5 Å². The average molecular weight is 401 g/mol. The lowest BCUT2D eigenvalue weighted by Gasteiger charge is -2.26. The molecule has 1 aliphatic heterocycles. The zero-order valence-electron chi connectivity index (χ0n) is 14.8. The quantitative estimate of drug-likeness (QED) is 0.611. The zero-order chi connectivity index (χ0) is 17.2. The van der Waals surface area contributed by atoms with E-state index in [9.17, 15) is 0 Å². The molecule has 1 aliphatic rings. The van der Waals surface area contributed by atoms with Gasteiger partial charge in [0.1, 0.15) is 0 Å². The van der Waals surface area contributed by atoms with Crippen molar-refractivity contribution in [3.63, 3.8) is 0 Å². The van der Waals surface area contributed by atoms with Gasteiger partial charge in [0.25, 0.3) is 0 Å². The fourth-order valence-electron chi connectivity index (χ4n) is 2.76. The topological polar surface area (TPSA) is 43.0 Å². The molecule has 1 aromatic rings. The SMILES string of the molecule is CCOc1cc(CNCCCN2CCOCC2)cc(Br)c1OCC. The third-order valence-electron chi connectivity index (χ3n) is 3.92. The first-order valence-corrected chi connectivity index (χ1v) is 9.62. The Bertz CT molecular complexity index is 493. The Morgan fingerprint density at radius 3 is 2.62 bits per heavy atom. The highest BCUT2D eigenvalue weighted by Crippen LogP contribution is 2.36. The third-order valence-corrected chi connectivity index (χ3v) is 4.51. The van der Waals surface area contributed by atoms with Crippen LogP contribution >= 0.6 is 15.9 Å². The van der Waals surface area contributed by atoms with E-state index < -0.39 is 0 Å². The first kappa shape index (κ1) is 19.5. The van der Waals surface area contributed by atoms with E-state index in [4.69, 9.17) is 14.2 Å². The molecule has 6 heteroatoms. The molecule has 24 heavy (non-hydrogen) atoms. The van der Waals surface area contributed by atoms with Crippen molar-refractivity contribution in [3.8, 4) is 11.5 Å². The number of morpholine rings is 1. The molecule has 0 aromatic heterocycles. The van der Waals surface area contributed by atoms with Gasteiger partial charge >= 0.3 is 0 Å². The highest BCUT2D eigenvalue weighted by molar-refractivity contribution is 9.10. The normalized spacial score (nSPS) is 15.5. The van der Waals surface area contributed by atoms with Crippen LogP contribution in [0.2, 0.25) is 0 Å². The predicted molar refractivity (Wildman–Crippen MR) is 100 cm³/mol. The first-order chi connectivity index (χ1) is 11.7. The molecule has 0 bridgehead atoms. The van der Waals surface area contributed by atoms with Gasteiger partial charge in [-0.2, -0.15) is 0 Å². The summed E-state index contributed by atoms with van der Waals surface area (Å²) in [6, 6.07) is 4.16. The highest BCUT2D eigenvalue weighted by atomic mass is 79.9. The van der Waals surface area contributed by atoms with Crippen LogP contribution in [0.15, 0.2) is 16.6 Å². The molecule has 1 N–H and O–H groups in total. The number of nitrogens with one attached hydrogen (secondary N) is 1. The van der Waals surface area contributed by atoms with Gasteiger partial charge < -0.3 is 19.5 Å². The summed E-state index contributed by atoms with van der Waals surface area (Å²) in [5.41, 5.74) is 1.19. The minimum atomic E-state index is 0.623. The molecule has 1 heterocycles. The lowest BCUT2D eigenvalue weighted by Crippen LogP contribution is -2.37. The summed E-state index contributed by atoms with van der Waals surface area (Å²) in [5.74, 6) is 1.59. The maximum Gasteiger partial charge on any atom is 0.175 e. The average Bonchev–Trinajstić information content (AvgIpc) is 2.59. The van der Waals surface area contributed by atoms with Crippen molar-refractivity contribution in [3.05, 3.63) is 22.2 Å². The molecule has 0 radical (unpaired) electrons. The van der Waals surface area contributed by atoms with Crippen molar-refractivity contribution in [1.82, 2.24) is 10.2 Å². The number of nitrogens with zero attached hydrogens (tertiary/aromatic N) is 1. The maximum absolute atomic E-state index is 5.72. The van der Waals surface area contributed by atoms with E-state index in [1.807, 2.05) is 13.8 Å². The molecule has 1 fully saturated rings. The van der Waals surface area contributed by atoms with E-state index in [0.717, 1.165) is 68.3 Å². The second-order valence-electron chi connectivity index (χ2n) is 5.76. The molecule has 1 saturated heterocycles. The second-order valence-corrected chi connectivity index (χ2v) is 6.61. The molecule has 0 amide bonds. The van der Waals surface area contributed by atoms with Crippen LogP contribution in [0.1, 0.15) is 25.8 Å². The second kappa shape index (κ2) is 10.9. The van der Waals surface area contributed by atoms with Gasteiger partial charge in [-0.1, -0.05) is 0 Å². The molecule has 0 aliphatic carbocycles. The number of halogens is 1. The fraction of sp³-hybridized carbons (Fsp3) is 0.667. The summed E-state index contributed by atoms with van der Waals surface area (Å²) in [4.78, 5) is 2.46. The van der Waals surface area contributed by atoms with Crippen LogP contribution in [0.25, 0.3) is 0 Å². The molecule has 2 rings (SSSR count). The standard InChI is InChI=1S/C18H29BrN2O3/c1-3-23-17-13-15(12-16(19)18(17)24-4-2)14-20-6-5-7-21-8-10-22-11-9-21/h12-13,20H,3-11,14H2,1-2H3. The van der Waals surface area contributed by atoms with Crippen LogP contribution in [-0.2, 0) is 11.3 Å². The van der Waals surface area contributed by atoms with Crippen LogP contribution in [0.3, 0.4) is 0 Å². The molecular formula is C18H29BrN2O3. The minimum Gasteiger partial charge on any atom is -0.490 e. The summed E-state index contributed by atoms with van der Waals surface area (Å²) < 4.78 is 17.7. The zero-order valence-corrected chi connectivity index (χ0v) is 16.4. The van der Waals surface area contributed by atoms with Gasteiger partial charge in [-0.3, -0.25) is 4.90 Å². The maximum atomic E-state index is 5.72. The van der Waals surface area contributed by atoms with E-state index in [-0.39, 0.29) is 0 Å². The summed E-state index contributed by atoms with van der Waals surface area (Å²) in [5, 5.41) is 3.51. The molecule has 1 aromatic carbocycles. The van der Waals surface area contributed by atoms with E-state index in [0.29, 0.717) is 13.2 Å². The van der Waals surface area contributed by atoms with Crippen molar-refractivity contribution in [2.45, 2.75) is 26.8 Å². The van der Waals surface area contributed by atoms with Gasteiger partial charge in [0.2, 0.25) is 0 Å². The van der Waals surface area contributed by atoms with E-state index in [2.05, 4.69) is 38.3 Å². The number of rotatable bonds is 10. The lowest BCUT2D eigenvalue weighted by atomic mass is 10.2. The molecule has 0 unspecified atom stereocenters. The summed E-state index contributed by atoms with van der Waals surface area (Å²) >= 11 is 3.59. The number of ether oxygens (including phenoxy) is 3. The van der Waals surface area contributed by atoms with Crippen LogP contribution in [0, 0.1) is 0 Å². The fourth-order valence-corrected chi connectivity index (χ4v) is 3.36. The summed E-state index contributed by atoms with van der Waals surface area (Å²) in [6.07, 6.45) is 1.15. The highest BCUT2D eigenvalue weighted by Gasteiger charge is 2.12. The molecule has 136 valence electrons. The van der Waals surface area contributed by atoms with Crippen molar-refractivity contribution >= 4 is 15.9 Å². The van der Waals surface area contributed by atoms with E-state index in [1.54, 1.807) is 0 Å². The van der Waals surface area contributed by atoms with Crippen molar-refractivity contribution in [1.29, 1.82) is 0 Å². The summed E-state index contributed by atoms with van der Waals surface area (Å²) in [7, 11) is 0. The number of hydrogen-bond acceptors (Lipinski definition) is 5. The largest absolute Gasteiger partial charge is 0.490 e. The monoisotopic (exact) mass is 400 g/mol. The number of hydrogen-bond donors (Lipinski definition) is 1. The van der Waals surface area contributed by atoms with Gasteiger partial charge in [0.05, 0.1) is 30.9 Å². The molecule has 0 saturated carbocycles. The third kappa shape index (κ3) is 6.24. The van der Waals surface area contributed by atoms with E-state index in [1.165, 1.54) is 5.56 Å². The molecule has 0 spiro atoms. The van der Waals surface area contributed by atoms with Gasteiger partial charge in [0, 0.05) is 19.6 Å². The molecule has 0 atom stereocenters. The van der Waals surface area contributed by atoms with Gasteiger partial charge in [-0.05, 0) is 67.0 Å². The minimum absolute atomic E-state index is 0.623. The first-order valence-electron chi connectivity index (χ1n) is 8.83. The Morgan fingerprint density at radius 2 is 1.92 bits per heavy atom. The van der Waals surface area contributed by atoms with Crippen LogP contribution in [0.4, 0.5) is 0 Å². The molecule has 5 nitrogen and oxygen atoms in total. The van der Waals surface area contributed by atoms with Crippen LogP contribution < -0.4 is 14.8 Å². The van der Waals surface area contributed by atoms with Gasteiger partial charge in [0.15, 0.2) is 11.5 Å². The lowest BCUT2D eigenvalue weighted by molar-refractivity contribution is 0.0374. The Morgan fingerprint density at radius 1 is 1.17 bits per heavy atom. The Labute approximate surface area is 153 Å². The van der Waals surface area contributed by atoms with Gasteiger partial charge in [-0.25, -0.2) is 0 Å². The smallest absolute Gasteiger partial charge is 0.175 e. The van der Waals surface area contributed by atoms with Gasteiger partial charge in [-0.15, -0.1) is 0 Å². The Balaban J connectivity index is 1.78. The molecular weight excluding hydrogens is 372 g/mol. The van der Waals surface area contributed by atoms with E-state index >= 15 is 0 Å². The van der Waals surface area contributed by atoms with Crippen molar-refractivity contribution in [2.75, 3.05) is 52.6 Å². The van der Waals surface area contributed by atoms with Crippen molar-refractivity contribution in [2.24, 2.45) is 0 Å². The Kier molecular flexibility index (Phi) is 8.88. The summed E-state index contributed by atoms with van der Waals surface area (Å²) in [6.45, 7) is 12.0. The Hall–Kier alpha value is -0.820. The number of benzene rings is 1.